The first kappa shape index (κ1) is 17.6. The molecule has 0 saturated carbocycles. The second-order valence-electron chi connectivity index (χ2n) is 4.31. The molecule has 1 aromatic rings. The molecule has 1 aliphatic rings. The first-order chi connectivity index (χ1) is 7.66. The van der Waals surface area contributed by atoms with Crippen LogP contribution < -0.4 is 10.6 Å². The zero-order valence-corrected chi connectivity index (χ0v) is 12.9. The number of rotatable bonds is 4. The molecule has 1 unspecified atom stereocenters. The molecule has 0 aliphatic carbocycles. The lowest BCUT2D eigenvalue weighted by atomic mass is 9.88. The van der Waals surface area contributed by atoms with Crippen LogP contribution in [0, 0.1) is 18.8 Å². The molecule has 7 heteroatoms. The number of aromatic nitrogens is 1. The summed E-state index contributed by atoms with van der Waals surface area (Å²) in [5.41, 5.74) is 1.02. The quantitative estimate of drug-likeness (QED) is 0.891. The van der Waals surface area contributed by atoms with Gasteiger partial charge in [-0.1, -0.05) is 6.92 Å². The van der Waals surface area contributed by atoms with E-state index in [0.29, 0.717) is 12.5 Å². The number of nitrogens with one attached hydrogen (secondary N) is 2. The van der Waals surface area contributed by atoms with Crippen molar-refractivity contribution in [3.8, 4) is 0 Å². The van der Waals surface area contributed by atoms with E-state index in [9.17, 15) is 4.79 Å². The van der Waals surface area contributed by atoms with Gasteiger partial charge in [0.15, 0.2) is 0 Å². The van der Waals surface area contributed by atoms with Crippen molar-refractivity contribution < 1.29 is 4.79 Å². The second-order valence-corrected chi connectivity index (χ2v) is 5.25. The fourth-order valence-electron chi connectivity index (χ4n) is 1.69. The number of thiazole rings is 1. The van der Waals surface area contributed by atoms with Gasteiger partial charge in [-0.25, -0.2) is 4.98 Å². The number of halogens is 2. The predicted octanol–water partition coefficient (Wildman–Crippen LogP) is 1.77. The molecule has 18 heavy (non-hydrogen) atoms. The minimum atomic E-state index is 0. The van der Waals surface area contributed by atoms with Gasteiger partial charge in [0.25, 0.3) is 0 Å². The summed E-state index contributed by atoms with van der Waals surface area (Å²) in [5, 5.41) is 9.10. The fourth-order valence-corrected chi connectivity index (χ4v) is 2.40. The maximum absolute atomic E-state index is 11.8. The standard InChI is InChI=1S/C11H17N3OS.2ClH/c1-7-6-16-10(14-7)5-13-11(15)8(2)9-3-12-4-9;;/h6,8-9,12H,3-5H2,1-2H3,(H,13,15);2*1H. The highest BCUT2D eigenvalue weighted by Crippen LogP contribution is 2.16. The van der Waals surface area contributed by atoms with E-state index in [-0.39, 0.29) is 36.6 Å². The Labute approximate surface area is 124 Å². The van der Waals surface area contributed by atoms with Crippen LogP contribution in [-0.4, -0.2) is 24.0 Å². The first-order valence-corrected chi connectivity index (χ1v) is 6.44. The molecule has 4 nitrogen and oxygen atoms in total. The molecule has 0 spiro atoms. The van der Waals surface area contributed by atoms with Crippen LogP contribution in [0.1, 0.15) is 17.6 Å². The van der Waals surface area contributed by atoms with Crippen molar-refractivity contribution in [3.05, 3.63) is 16.1 Å². The highest BCUT2D eigenvalue weighted by molar-refractivity contribution is 7.09. The molecular weight excluding hydrogens is 293 g/mol. The van der Waals surface area contributed by atoms with Crippen LogP contribution in [0.15, 0.2) is 5.38 Å². The molecule has 1 fully saturated rings. The van der Waals surface area contributed by atoms with Crippen molar-refractivity contribution in [3.63, 3.8) is 0 Å². The molecule has 1 atom stereocenters. The summed E-state index contributed by atoms with van der Waals surface area (Å²) in [7, 11) is 0. The molecule has 0 bridgehead atoms. The molecular formula is C11H19Cl2N3OS. The van der Waals surface area contributed by atoms with Crippen molar-refractivity contribution in [2.24, 2.45) is 11.8 Å². The van der Waals surface area contributed by atoms with E-state index in [1.807, 2.05) is 19.2 Å². The molecule has 1 aliphatic heterocycles. The molecule has 1 aromatic heterocycles. The van der Waals surface area contributed by atoms with Crippen molar-refractivity contribution >= 4 is 42.1 Å². The number of amides is 1. The zero-order chi connectivity index (χ0) is 11.5. The van der Waals surface area contributed by atoms with Crippen molar-refractivity contribution in [1.82, 2.24) is 15.6 Å². The first-order valence-electron chi connectivity index (χ1n) is 5.56. The van der Waals surface area contributed by atoms with E-state index in [1.54, 1.807) is 11.3 Å². The number of aryl methyl sites for hydroxylation is 1. The predicted molar refractivity (Wildman–Crippen MR) is 78.7 cm³/mol. The Morgan fingerprint density at radius 2 is 2.28 bits per heavy atom. The van der Waals surface area contributed by atoms with E-state index in [4.69, 9.17) is 0 Å². The Kier molecular flexibility index (Phi) is 7.78. The van der Waals surface area contributed by atoms with Crippen LogP contribution in [0.2, 0.25) is 0 Å². The van der Waals surface area contributed by atoms with Crippen molar-refractivity contribution in [2.75, 3.05) is 13.1 Å². The average Bonchev–Trinajstić information content (AvgIpc) is 2.58. The van der Waals surface area contributed by atoms with Crippen LogP contribution in [0.3, 0.4) is 0 Å². The highest BCUT2D eigenvalue weighted by atomic mass is 35.5. The van der Waals surface area contributed by atoms with Gasteiger partial charge in [0.1, 0.15) is 5.01 Å². The monoisotopic (exact) mass is 311 g/mol. The third kappa shape index (κ3) is 4.39. The highest BCUT2D eigenvalue weighted by Gasteiger charge is 2.28. The van der Waals surface area contributed by atoms with Gasteiger partial charge in [-0.05, 0) is 25.9 Å². The topological polar surface area (TPSA) is 54.0 Å². The lowest BCUT2D eigenvalue weighted by Gasteiger charge is -2.31. The summed E-state index contributed by atoms with van der Waals surface area (Å²) < 4.78 is 0. The van der Waals surface area contributed by atoms with Crippen LogP contribution in [0.4, 0.5) is 0 Å². The fraction of sp³-hybridized carbons (Fsp3) is 0.636. The summed E-state index contributed by atoms with van der Waals surface area (Å²) in [6, 6.07) is 0. The van der Waals surface area contributed by atoms with E-state index in [2.05, 4.69) is 15.6 Å². The summed E-state index contributed by atoms with van der Waals surface area (Å²) >= 11 is 1.59. The Morgan fingerprint density at radius 3 is 2.72 bits per heavy atom. The molecule has 1 saturated heterocycles. The Balaban J connectivity index is 0.00000144. The van der Waals surface area contributed by atoms with Gasteiger partial charge in [-0.2, -0.15) is 0 Å². The molecule has 2 N–H and O–H groups in total. The van der Waals surface area contributed by atoms with Crippen LogP contribution in [0.5, 0.6) is 0 Å². The molecule has 0 radical (unpaired) electrons. The third-order valence-electron chi connectivity index (χ3n) is 3.01. The van der Waals surface area contributed by atoms with E-state index >= 15 is 0 Å². The zero-order valence-electron chi connectivity index (χ0n) is 10.4. The third-order valence-corrected chi connectivity index (χ3v) is 3.98. The number of hydrogen-bond donors (Lipinski definition) is 2. The number of hydrogen-bond acceptors (Lipinski definition) is 4. The van der Waals surface area contributed by atoms with Crippen LogP contribution in [0.25, 0.3) is 0 Å². The molecule has 0 aromatic carbocycles. The summed E-state index contributed by atoms with van der Waals surface area (Å²) in [6.45, 7) is 6.44. The molecule has 1 amide bonds. The minimum absolute atomic E-state index is 0. The summed E-state index contributed by atoms with van der Waals surface area (Å²) in [5.74, 6) is 0.736. The average molecular weight is 312 g/mol. The van der Waals surface area contributed by atoms with Crippen LogP contribution in [-0.2, 0) is 11.3 Å². The van der Waals surface area contributed by atoms with E-state index in [0.717, 1.165) is 23.8 Å². The van der Waals surface area contributed by atoms with Crippen molar-refractivity contribution in [1.29, 1.82) is 0 Å². The lowest BCUT2D eigenvalue weighted by molar-refractivity contribution is -0.126. The lowest BCUT2D eigenvalue weighted by Crippen LogP contribution is -2.49. The van der Waals surface area contributed by atoms with Gasteiger partial charge in [0.05, 0.1) is 6.54 Å². The van der Waals surface area contributed by atoms with Gasteiger partial charge in [0.2, 0.25) is 5.91 Å². The molecule has 104 valence electrons. The summed E-state index contributed by atoms with van der Waals surface area (Å²) in [6.07, 6.45) is 0. The molecule has 2 heterocycles. The SMILES string of the molecule is Cc1csc(CNC(=O)C(C)C2CNC2)n1.Cl.Cl. The smallest absolute Gasteiger partial charge is 0.223 e. The van der Waals surface area contributed by atoms with E-state index in [1.165, 1.54) is 0 Å². The Bertz CT molecular complexity index is 382. The number of carbonyl (C=O) groups is 1. The molecule has 2 rings (SSSR count). The summed E-state index contributed by atoms with van der Waals surface area (Å²) in [4.78, 5) is 16.1. The maximum Gasteiger partial charge on any atom is 0.223 e. The second kappa shape index (κ2) is 7.94. The van der Waals surface area contributed by atoms with Gasteiger partial charge in [0, 0.05) is 17.0 Å². The normalized spacial score (nSPS) is 15.9. The van der Waals surface area contributed by atoms with Gasteiger partial charge >= 0.3 is 0 Å². The minimum Gasteiger partial charge on any atom is -0.349 e. The number of nitrogens with zero attached hydrogens (tertiary/aromatic N) is 1. The Morgan fingerprint density at radius 1 is 1.61 bits per heavy atom. The van der Waals surface area contributed by atoms with Crippen molar-refractivity contribution in [2.45, 2.75) is 20.4 Å². The van der Waals surface area contributed by atoms with Crippen LogP contribution >= 0.6 is 36.2 Å². The van der Waals surface area contributed by atoms with E-state index < -0.39 is 0 Å². The Hall–Kier alpha value is -0.360. The number of carbonyl (C=O) groups excluding carboxylic acids is 1. The van der Waals surface area contributed by atoms with Gasteiger partial charge < -0.3 is 10.6 Å². The van der Waals surface area contributed by atoms with Gasteiger partial charge in [-0.15, -0.1) is 36.2 Å². The largest absolute Gasteiger partial charge is 0.349 e. The van der Waals surface area contributed by atoms with Gasteiger partial charge in [-0.3, -0.25) is 4.79 Å². The maximum atomic E-state index is 11.8.